The molecule has 0 atom stereocenters. The highest BCUT2D eigenvalue weighted by Crippen LogP contribution is 2.27. The molecular formula is C23H30N4O3. The Morgan fingerprint density at radius 3 is 2.37 bits per heavy atom. The van der Waals surface area contributed by atoms with E-state index < -0.39 is 0 Å². The van der Waals surface area contributed by atoms with E-state index in [1.54, 1.807) is 14.2 Å². The predicted octanol–water partition coefficient (Wildman–Crippen LogP) is 2.76. The number of methoxy groups -OCH3 is 2. The molecule has 0 bridgehead atoms. The summed E-state index contributed by atoms with van der Waals surface area (Å²) in [4.78, 5) is 16.9. The number of carbonyl (C=O) groups excluding carboxylic acids is 1. The fourth-order valence-electron chi connectivity index (χ4n) is 3.46. The molecule has 1 saturated heterocycles. The number of rotatable bonds is 8. The third-order valence-corrected chi connectivity index (χ3v) is 5.30. The summed E-state index contributed by atoms with van der Waals surface area (Å²) in [5.74, 6) is 1.20. The summed E-state index contributed by atoms with van der Waals surface area (Å²) < 4.78 is 10.6. The van der Waals surface area contributed by atoms with Crippen molar-refractivity contribution in [3.05, 3.63) is 54.1 Å². The number of amides is 1. The third-order valence-electron chi connectivity index (χ3n) is 5.30. The first-order valence-electron chi connectivity index (χ1n) is 10.2. The molecule has 1 aliphatic heterocycles. The minimum Gasteiger partial charge on any atom is -0.493 e. The maximum Gasteiger partial charge on any atom is 0.241 e. The van der Waals surface area contributed by atoms with Crippen LogP contribution in [0.5, 0.6) is 11.5 Å². The lowest BCUT2D eigenvalue weighted by Crippen LogP contribution is -2.47. The largest absolute Gasteiger partial charge is 0.493 e. The van der Waals surface area contributed by atoms with Gasteiger partial charge in [0.15, 0.2) is 11.5 Å². The zero-order valence-corrected chi connectivity index (χ0v) is 17.9. The average molecular weight is 411 g/mol. The molecule has 0 aliphatic carbocycles. The standard InChI is InChI=1S/C23H30N4O3/c1-18(19-9-10-21(29-2)22(17-19)30-3)24-25-23(28)11-12-26-13-15-27(16-14-26)20-7-5-4-6-8-20/h4-10,17H,11-16H2,1-3H3,(H,25,28)/b24-18-. The number of hydrogen-bond donors (Lipinski definition) is 1. The van der Waals surface area contributed by atoms with Crippen LogP contribution in [0.2, 0.25) is 0 Å². The van der Waals surface area contributed by atoms with Crippen LogP contribution in [-0.4, -0.2) is 63.5 Å². The SMILES string of the molecule is COc1ccc(/C(C)=N\NC(=O)CCN2CCN(c3ccccc3)CC2)cc1OC. The van der Waals surface area contributed by atoms with Gasteiger partial charge in [0.05, 0.1) is 19.9 Å². The van der Waals surface area contributed by atoms with Crippen molar-refractivity contribution < 1.29 is 14.3 Å². The van der Waals surface area contributed by atoms with Crippen molar-refractivity contribution in [2.45, 2.75) is 13.3 Å². The fraction of sp³-hybridized carbons (Fsp3) is 0.391. The molecule has 1 amide bonds. The molecule has 30 heavy (non-hydrogen) atoms. The average Bonchev–Trinajstić information content (AvgIpc) is 2.81. The second-order valence-electron chi connectivity index (χ2n) is 7.22. The fourth-order valence-corrected chi connectivity index (χ4v) is 3.46. The van der Waals surface area contributed by atoms with Crippen LogP contribution in [0, 0.1) is 0 Å². The van der Waals surface area contributed by atoms with Crippen LogP contribution in [0.3, 0.4) is 0 Å². The molecule has 1 heterocycles. The summed E-state index contributed by atoms with van der Waals surface area (Å²) in [5.41, 5.74) is 5.49. The number of para-hydroxylation sites is 1. The number of benzene rings is 2. The van der Waals surface area contributed by atoms with Gasteiger partial charge in [-0.25, -0.2) is 5.43 Å². The molecule has 1 fully saturated rings. The molecule has 3 rings (SSSR count). The molecule has 7 nitrogen and oxygen atoms in total. The normalized spacial score (nSPS) is 15.0. The van der Waals surface area contributed by atoms with Gasteiger partial charge >= 0.3 is 0 Å². The van der Waals surface area contributed by atoms with Gasteiger partial charge in [0.25, 0.3) is 0 Å². The Labute approximate surface area is 178 Å². The second kappa shape index (κ2) is 10.6. The van der Waals surface area contributed by atoms with Crippen LogP contribution in [0.25, 0.3) is 0 Å². The van der Waals surface area contributed by atoms with E-state index in [-0.39, 0.29) is 5.91 Å². The molecule has 1 N–H and O–H groups in total. The molecular weight excluding hydrogens is 380 g/mol. The maximum absolute atomic E-state index is 12.2. The van der Waals surface area contributed by atoms with Crippen LogP contribution in [-0.2, 0) is 4.79 Å². The number of hydrazone groups is 1. The molecule has 0 aromatic heterocycles. The summed E-state index contributed by atoms with van der Waals surface area (Å²) in [6.07, 6.45) is 0.425. The van der Waals surface area contributed by atoms with E-state index in [9.17, 15) is 4.79 Å². The number of anilines is 1. The van der Waals surface area contributed by atoms with Crippen LogP contribution >= 0.6 is 0 Å². The summed E-state index contributed by atoms with van der Waals surface area (Å²) in [5, 5.41) is 4.23. The van der Waals surface area contributed by atoms with Crippen molar-refractivity contribution in [3.8, 4) is 11.5 Å². The van der Waals surface area contributed by atoms with Crippen LogP contribution in [0.4, 0.5) is 5.69 Å². The molecule has 7 heteroatoms. The van der Waals surface area contributed by atoms with Gasteiger partial charge in [0.2, 0.25) is 5.91 Å². The van der Waals surface area contributed by atoms with Gasteiger partial charge in [0.1, 0.15) is 0 Å². The molecule has 1 aliphatic rings. The smallest absolute Gasteiger partial charge is 0.241 e. The number of nitrogens with one attached hydrogen (secondary N) is 1. The number of ether oxygens (including phenoxy) is 2. The Balaban J connectivity index is 1.44. The lowest BCUT2D eigenvalue weighted by Gasteiger charge is -2.36. The Bertz CT molecular complexity index is 862. The first kappa shape index (κ1) is 21.6. The highest BCUT2D eigenvalue weighted by molar-refractivity contribution is 5.99. The van der Waals surface area contributed by atoms with Crippen molar-refractivity contribution in [2.24, 2.45) is 5.10 Å². The summed E-state index contributed by atoms with van der Waals surface area (Å²) in [6, 6.07) is 16.0. The second-order valence-corrected chi connectivity index (χ2v) is 7.22. The Morgan fingerprint density at radius 1 is 1.00 bits per heavy atom. The maximum atomic E-state index is 12.2. The molecule has 160 valence electrons. The monoisotopic (exact) mass is 410 g/mol. The summed E-state index contributed by atoms with van der Waals surface area (Å²) in [7, 11) is 3.19. The van der Waals surface area contributed by atoms with Gasteiger partial charge < -0.3 is 14.4 Å². The van der Waals surface area contributed by atoms with E-state index in [0.29, 0.717) is 23.6 Å². The molecule has 0 saturated carbocycles. The predicted molar refractivity (Wildman–Crippen MR) is 120 cm³/mol. The zero-order valence-electron chi connectivity index (χ0n) is 17.9. The molecule has 2 aromatic rings. The van der Waals surface area contributed by atoms with Gasteiger partial charge in [-0.05, 0) is 37.3 Å². The number of piperazine rings is 1. The van der Waals surface area contributed by atoms with Crippen LogP contribution in [0.1, 0.15) is 18.9 Å². The van der Waals surface area contributed by atoms with Gasteiger partial charge in [-0.15, -0.1) is 0 Å². The topological polar surface area (TPSA) is 66.4 Å². The quantitative estimate of drug-likeness (QED) is 0.535. The molecule has 0 spiro atoms. The highest BCUT2D eigenvalue weighted by Gasteiger charge is 2.17. The van der Waals surface area contributed by atoms with Gasteiger partial charge in [-0.2, -0.15) is 5.10 Å². The van der Waals surface area contributed by atoms with Crippen LogP contribution < -0.4 is 19.8 Å². The lowest BCUT2D eigenvalue weighted by molar-refractivity contribution is -0.121. The highest BCUT2D eigenvalue weighted by atomic mass is 16.5. The van der Waals surface area contributed by atoms with E-state index in [4.69, 9.17) is 9.47 Å². The minimum absolute atomic E-state index is 0.0830. The van der Waals surface area contributed by atoms with Crippen molar-refractivity contribution in [3.63, 3.8) is 0 Å². The molecule has 2 aromatic carbocycles. The Hall–Kier alpha value is -3.06. The van der Waals surface area contributed by atoms with E-state index >= 15 is 0 Å². The minimum atomic E-state index is -0.0830. The van der Waals surface area contributed by atoms with Crippen molar-refractivity contribution in [2.75, 3.05) is 51.8 Å². The summed E-state index contributed by atoms with van der Waals surface area (Å²) >= 11 is 0. The van der Waals surface area contributed by atoms with Crippen molar-refractivity contribution >= 4 is 17.3 Å². The van der Waals surface area contributed by atoms with Crippen LogP contribution in [0.15, 0.2) is 53.6 Å². The number of hydrogen-bond acceptors (Lipinski definition) is 6. The van der Waals surface area contributed by atoms with Gasteiger partial charge in [0, 0.05) is 50.4 Å². The lowest BCUT2D eigenvalue weighted by atomic mass is 10.1. The van der Waals surface area contributed by atoms with E-state index in [2.05, 4.69) is 44.6 Å². The zero-order chi connectivity index (χ0) is 21.3. The van der Waals surface area contributed by atoms with E-state index in [0.717, 1.165) is 38.3 Å². The number of nitrogens with zero attached hydrogens (tertiary/aromatic N) is 3. The van der Waals surface area contributed by atoms with Gasteiger partial charge in [-0.3, -0.25) is 9.69 Å². The van der Waals surface area contributed by atoms with Crippen molar-refractivity contribution in [1.82, 2.24) is 10.3 Å². The third kappa shape index (κ3) is 5.73. The molecule has 0 radical (unpaired) electrons. The summed E-state index contributed by atoms with van der Waals surface area (Å²) in [6.45, 7) is 6.44. The van der Waals surface area contributed by atoms with Crippen molar-refractivity contribution in [1.29, 1.82) is 0 Å². The molecule has 0 unspecified atom stereocenters. The Kier molecular flexibility index (Phi) is 7.68. The Morgan fingerprint density at radius 2 is 1.70 bits per heavy atom. The first-order chi connectivity index (χ1) is 14.6. The van der Waals surface area contributed by atoms with E-state index in [1.807, 2.05) is 31.2 Å². The van der Waals surface area contributed by atoms with E-state index in [1.165, 1.54) is 5.69 Å². The van der Waals surface area contributed by atoms with Gasteiger partial charge in [-0.1, -0.05) is 18.2 Å². The first-order valence-corrected chi connectivity index (χ1v) is 10.2. The number of carbonyl (C=O) groups is 1.